The van der Waals surface area contributed by atoms with Crippen molar-refractivity contribution in [2.45, 2.75) is 33.1 Å². The molecule has 1 atom stereocenters. The van der Waals surface area contributed by atoms with Crippen LogP contribution in [0.4, 0.5) is 0 Å². The third-order valence-electron chi connectivity index (χ3n) is 4.40. The van der Waals surface area contributed by atoms with Gasteiger partial charge in [0, 0.05) is 19.5 Å². The number of sulfone groups is 1. The van der Waals surface area contributed by atoms with E-state index >= 15 is 0 Å². The molecular formula is C17H25NO3S. The van der Waals surface area contributed by atoms with Crippen LogP contribution in [0.2, 0.25) is 0 Å². The number of carbonyl (C=O) groups excluding carboxylic acids is 1. The summed E-state index contributed by atoms with van der Waals surface area (Å²) in [7, 11) is -2.94. The van der Waals surface area contributed by atoms with Crippen LogP contribution in [-0.4, -0.2) is 43.8 Å². The molecule has 0 spiro atoms. The van der Waals surface area contributed by atoms with Crippen LogP contribution in [0.15, 0.2) is 24.3 Å². The van der Waals surface area contributed by atoms with Gasteiger partial charge in [-0.3, -0.25) is 4.79 Å². The summed E-state index contributed by atoms with van der Waals surface area (Å²) < 4.78 is 22.9. The van der Waals surface area contributed by atoms with Gasteiger partial charge in [0.15, 0.2) is 9.84 Å². The maximum absolute atomic E-state index is 12.5. The third kappa shape index (κ3) is 4.32. The Morgan fingerprint density at radius 3 is 2.18 bits per heavy atom. The summed E-state index contributed by atoms with van der Waals surface area (Å²) in [6.07, 6.45) is 0.445. The Kier molecular flexibility index (Phi) is 5.27. The molecule has 0 aromatic heterocycles. The molecule has 4 nitrogen and oxygen atoms in total. The highest BCUT2D eigenvalue weighted by Crippen LogP contribution is 2.29. The molecule has 122 valence electrons. The molecule has 5 heteroatoms. The van der Waals surface area contributed by atoms with E-state index in [-0.39, 0.29) is 23.3 Å². The summed E-state index contributed by atoms with van der Waals surface area (Å²) in [4.78, 5) is 14.2. The summed E-state index contributed by atoms with van der Waals surface area (Å²) in [6, 6.07) is 8.33. The van der Waals surface area contributed by atoms with E-state index in [2.05, 4.69) is 38.1 Å². The van der Waals surface area contributed by atoms with E-state index in [1.807, 2.05) is 6.92 Å². The van der Waals surface area contributed by atoms with E-state index in [4.69, 9.17) is 0 Å². The molecule has 1 heterocycles. The molecule has 1 aliphatic heterocycles. The average Bonchev–Trinajstić information content (AvgIpc) is 2.45. The van der Waals surface area contributed by atoms with Gasteiger partial charge in [0.05, 0.1) is 11.5 Å². The van der Waals surface area contributed by atoms with Crippen molar-refractivity contribution in [2.75, 3.05) is 24.6 Å². The highest BCUT2D eigenvalue weighted by molar-refractivity contribution is 7.91. The number of hydrogen-bond acceptors (Lipinski definition) is 3. The van der Waals surface area contributed by atoms with Gasteiger partial charge < -0.3 is 4.90 Å². The van der Waals surface area contributed by atoms with Crippen molar-refractivity contribution in [1.82, 2.24) is 4.90 Å². The lowest BCUT2D eigenvalue weighted by Crippen LogP contribution is -2.44. The highest BCUT2D eigenvalue weighted by Gasteiger charge is 2.28. The molecule has 1 aromatic carbocycles. The van der Waals surface area contributed by atoms with Crippen molar-refractivity contribution in [3.63, 3.8) is 0 Å². The fraction of sp³-hybridized carbons (Fsp3) is 0.588. The molecule has 0 bridgehead atoms. The molecular weight excluding hydrogens is 298 g/mol. The Hall–Kier alpha value is -1.36. The van der Waals surface area contributed by atoms with Crippen molar-refractivity contribution in [3.05, 3.63) is 35.4 Å². The summed E-state index contributed by atoms with van der Waals surface area (Å²) >= 11 is 0. The first-order valence-corrected chi connectivity index (χ1v) is 9.65. The molecule has 0 radical (unpaired) electrons. The maximum atomic E-state index is 12.5. The van der Waals surface area contributed by atoms with E-state index in [1.165, 1.54) is 11.1 Å². The van der Waals surface area contributed by atoms with Crippen molar-refractivity contribution in [3.8, 4) is 0 Å². The normalized spacial score (nSPS) is 19.2. The second kappa shape index (κ2) is 6.82. The van der Waals surface area contributed by atoms with Crippen molar-refractivity contribution in [2.24, 2.45) is 5.92 Å². The second-order valence-electron chi connectivity index (χ2n) is 6.50. The minimum atomic E-state index is -2.94. The van der Waals surface area contributed by atoms with Crippen LogP contribution in [0, 0.1) is 12.8 Å². The number of rotatable bonds is 4. The van der Waals surface area contributed by atoms with Crippen LogP contribution in [0.3, 0.4) is 0 Å². The summed E-state index contributed by atoms with van der Waals surface area (Å²) in [5.41, 5.74) is 2.39. The number of carbonyl (C=O) groups is 1. The Labute approximate surface area is 133 Å². The molecule has 1 aliphatic rings. The van der Waals surface area contributed by atoms with E-state index in [9.17, 15) is 13.2 Å². The zero-order valence-electron chi connectivity index (χ0n) is 13.6. The highest BCUT2D eigenvalue weighted by atomic mass is 32.2. The van der Waals surface area contributed by atoms with Crippen LogP contribution in [-0.2, 0) is 14.6 Å². The Bertz CT molecular complexity index is 606. The Morgan fingerprint density at radius 1 is 1.14 bits per heavy atom. The minimum absolute atomic E-state index is 0.0641. The first kappa shape index (κ1) is 17.0. The standard InChI is InChI=1S/C17H25NO3S/c1-13(2)16(15-6-4-14(3)5-7-15)12-17(19)18-8-10-22(20,21)11-9-18/h4-7,13,16H,8-12H2,1-3H3. The van der Waals surface area contributed by atoms with Gasteiger partial charge in [-0.15, -0.1) is 0 Å². The second-order valence-corrected chi connectivity index (χ2v) is 8.80. The Morgan fingerprint density at radius 2 is 1.68 bits per heavy atom. The molecule has 0 saturated carbocycles. The molecule has 0 aliphatic carbocycles. The van der Waals surface area contributed by atoms with Crippen LogP contribution in [0.1, 0.15) is 37.3 Å². The van der Waals surface area contributed by atoms with E-state index in [1.54, 1.807) is 4.90 Å². The first-order chi connectivity index (χ1) is 10.3. The van der Waals surface area contributed by atoms with Gasteiger partial charge in [-0.25, -0.2) is 8.42 Å². The van der Waals surface area contributed by atoms with Crippen LogP contribution in [0.5, 0.6) is 0 Å². The smallest absolute Gasteiger partial charge is 0.223 e. The summed E-state index contributed by atoms with van der Waals surface area (Å²) in [5, 5.41) is 0. The molecule has 2 rings (SSSR count). The number of amides is 1. The van der Waals surface area contributed by atoms with E-state index in [0.717, 1.165) is 0 Å². The summed E-state index contributed by atoms with van der Waals surface area (Å²) in [5.74, 6) is 0.784. The average molecular weight is 323 g/mol. The predicted molar refractivity (Wildman–Crippen MR) is 88.6 cm³/mol. The van der Waals surface area contributed by atoms with Gasteiger partial charge in [-0.2, -0.15) is 0 Å². The third-order valence-corrected chi connectivity index (χ3v) is 6.01. The van der Waals surface area contributed by atoms with Crippen LogP contribution < -0.4 is 0 Å². The predicted octanol–water partition coefficient (Wildman–Crippen LogP) is 2.38. The summed E-state index contributed by atoms with van der Waals surface area (Å²) in [6.45, 7) is 6.96. The number of nitrogens with zero attached hydrogens (tertiary/aromatic N) is 1. The van der Waals surface area contributed by atoms with Gasteiger partial charge in [-0.1, -0.05) is 43.7 Å². The molecule has 1 amide bonds. The molecule has 22 heavy (non-hydrogen) atoms. The molecule has 1 saturated heterocycles. The lowest BCUT2D eigenvalue weighted by molar-refractivity contribution is -0.131. The van der Waals surface area contributed by atoms with Gasteiger partial charge in [-0.05, 0) is 24.3 Å². The van der Waals surface area contributed by atoms with Gasteiger partial charge in [0.25, 0.3) is 0 Å². The molecule has 0 N–H and O–H groups in total. The molecule has 1 fully saturated rings. The number of aryl methyl sites for hydroxylation is 1. The lowest BCUT2D eigenvalue weighted by atomic mass is 9.85. The quantitative estimate of drug-likeness (QED) is 0.855. The Balaban J connectivity index is 2.05. The maximum Gasteiger partial charge on any atom is 0.223 e. The van der Waals surface area contributed by atoms with Gasteiger partial charge in [0.2, 0.25) is 5.91 Å². The number of benzene rings is 1. The minimum Gasteiger partial charge on any atom is -0.341 e. The monoisotopic (exact) mass is 323 g/mol. The molecule has 1 aromatic rings. The fourth-order valence-electron chi connectivity index (χ4n) is 2.83. The zero-order valence-corrected chi connectivity index (χ0v) is 14.4. The van der Waals surface area contributed by atoms with E-state index in [0.29, 0.717) is 25.4 Å². The largest absolute Gasteiger partial charge is 0.341 e. The van der Waals surface area contributed by atoms with Gasteiger partial charge >= 0.3 is 0 Å². The SMILES string of the molecule is Cc1ccc(C(CC(=O)N2CCS(=O)(=O)CC2)C(C)C)cc1. The fourth-order valence-corrected chi connectivity index (χ4v) is 4.03. The molecule has 1 unspecified atom stereocenters. The topological polar surface area (TPSA) is 54.5 Å². The lowest BCUT2D eigenvalue weighted by Gasteiger charge is -2.29. The first-order valence-electron chi connectivity index (χ1n) is 7.83. The van der Waals surface area contributed by atoms with Crippen LogP contribution in [0.25, 0.3) is 0 Å². The number of hydrogen-bond donors (Lipinski definition) is 0. The van der Waals surface area contributed by atoms with Crippen molar-refractivity contribution in [1.29, 1.82) is 0 Å². The van der Waals surface area contributed by atoms with Gasteiger partial charge in [0.1, 0.15) is 0 Å². The van der Waals surface area contributed by atoms with Crippen molar-refractivity contribution < 1.29 is 13.2 Å². The zero-order chi connectivity index (χ0) is 16.3. The van der Waals surface area contributed by atoms with E-state index < -0.39 is 9.84 Å². The van der Waals surface area contributed by atoms with Crippen LogP contribution >= 0.6 is 0 Å². The van der Waals surface area contributed by atoms with Crippen molar-refractivity contribution >= 4 is 15.7 Å².